The maximum absolute atomic E-state index is 6.03. The van der Waals surface area contributed by atoms with E-state index in [2.05, 4.69) is 30.1 Å². The molecule has 0 aromatic heterocycles. The first-order chi connectivity index (χ1) is 10.2. The minimum absolute atomic E-state index is 0.397. The van der Waals surface area contributed by atoms with Crippen LogP contribution >= 0.6 is 0 Å². The molecule has 4 heteroatoms. The molecule has 1 aromatic carbocycles. The number of hydrogen-bond acceptors (Lipinski definition) is 4. The van der Waals surface area contributed by atoms with Crippen LogP contribution in [-0.4, -0.2) is 46.0 Å². The maximum atomic E-state index is 6.03. The van der Waals surface area contributed by atoms with E-state index in [1.165, 1.54) is 22.4 Å². The van der Waals surface area contributed by atoms with Gasteiger partial charge in [0.05, 0.1) is 18.3 Å². The highest BCUT2D eigenvalue weighted by Gasteiger charge is 2.28. The number of methoxy groups -OCH3 is 1. The normalized spacial score (nSPS) is 21.3. The largest absolute Gasteiger partial charge is 0.489 e. The molecule has 2 aliphatic heterocycles. The predicted molar refractivity (Wildman–Crippen MR) is 85.6 cm³/mol. The number of nitrogens with zero attached hydrogens (tertiary/aromatic N) is 1. The molecule has 116 valence electrons. The third-order valence-electron chi connectivity index (χ3n) is 4.69. The molecule has 4 nitrogen and oxygen atoms in total. The van der Waals surface area contributed by atoms with E-state index in [0.29, 0.717) is 6.04 Å². The van der Waals surface area contributed by atoms with Crippen LogP contribution in [0.25, 0.3) is 0 Å². The topological polar surface area (TPSA) is 33.7 Å². The van der Waals surface area contributed by atoms with Crippen molar-refractivity contribution in [1.29, 1.82) is 0 Å². The van der Waals surface area contributed by atoms with E-state index < -0.39 is 0 Å². The van der Waals surface area contributed by atoms with Crippen molar-refractivity contribution < 1.29 is 9.47 Å². The Labute approximate surface area is 127 Å². The van der Waals surface area contributed by atoms with E-state index in [4.69, 9.17) is 9.47 Å². The SMILES string of the molecule is COCCN1c2c(cc3c(c2C)CCNCC3)OC[C@@H]1C. The smallest absolute Gasteiger partial charge is 0.143 e. The Bertz CT molecular complexity index is 516. The van der Waals surface area contributed by atoms with Gasteiger partial charge in [0, 0.05) is 13.7 Å². The van der Waals surface area contributed by atoms with Crippen molar-refractivity contribution >= 4 is 5.69 Å². The van der Waals surface area contributed by atoms with Crippen molar-refractivity contribution in [1.82, 2.24) is 5.32 Å². The summed E-state index contributed by atoms with van der Waals surface area (Å²) in [7, 11) is 1.77. The first-order valence-corrected chi connectivity index (χ1v) is 7.96. The van der Waals surface area contributed by atoms with Crippen molar-refractivity contribution in [3.05, 3.63) is 22.8 Å². The van der Waals surface area contributed by atoms with Gasteiger partial charge in [0.25, 0.3) is 0 Å². The minimum Gasteiger partial charge on any atom is -0.489 e. The lowest BCUT2D eigenvalue weighted by Gasteiger charge is -2.39. The van der Waals surface area contributed by atoms with Gasteiger partial charge >= 0.3 is 0 Å². The second-order valence-electron chi connectivity index (χ2n) is 6.08. The van der Waals surface area contributed by atoms with Crippen molar-refractivity contribution in [3.8, 4) is 5.75 Å². The van der Waals surface area contributed by atoms with Gasteiger partial charge in [0.15, 0.2) is 0 Å². The summed E-state index contributed by atoms with van der Waals surface area (Å²) in [6.45, 7) is 9.05. The van der Waals surface area contributed by atoms with Crippen molar-refractivity contribution in [2.24, 2.45) is 0 Å². The second kappa shape index (κ2) is 6.24. The molecule has 2 aliphatic rings. The lowest BCUT2D eigenvalue weighted by molar-refractivity contribution is 0.195. The van der Waals surface area contributed by atoms with Crippen molar-refractivity contribution in [3.63, 3.8) is 0 Å². The zero-order valence-electron chi connectivity index (χ0n) is 13.4. The standard InChI is InChI=1S/C17H26N2O2/c1-12-11-21-16-10-14-4-6-18-7-5-15(14)13(2)17(16)19(12)8-9-20-3/h10,12,18H,4-9,11H2,1-3H3/t12-/m0/s1. The molecule has 0 unspecified atom stereocenters. The fourth-order valence-electron chi connectivity index (χ4n) is 3.52. The lowest BCUT2D eigenvalue weighted by Crippen LogP contribution is -2.43. The van der Waals surface area contributed by atoms with Crippen molar-refractivity contribution in [2.75, 3.05) is 44.9 Å². The van der Waals surface area contributed by atoms with Crippen LogP contribution in [0.1, 0.15) is 23.6 Å². The average molecular weight is 290 g/mol. The van der Waals surface area contributed by atoms with Gasteiger partial charge in [-0.15, -0.1) is 0 Å². The van der Waals surface area contributed by atoms with Gasteiger partial charge in [-0.25, -0.2) is 0 Å². The Morgan fingerprint density at radius 1 is 1.38 bits per heavy atom. The van der Waals surface area contributed by atoms with Crippen molar-refractivity contribution in [2.45, 2.75) is 32.7 Å². The third kappa shape index (κ3) is 2.74. The van der Waals surface area contributed by atoms with Gasteiger partial charge in [-0.3, -0.25) is 0 Å². The number of benzene rings is 1. The van der Waals surface area contributed by atoms with Gasteiger partial charge in [-0.2, -0.15) is 0 Å². The van der Waals surface area contributed by atoms with Crippen LogP contribution in [-0.2, 0) is 17.6 Å². The summed E-state index contributed by atoms with van der Waals surface area (Å²) in [6.07, 6.45) is 2.21. The van der Waals surface area contributed by atoms with Gasteiger partial charge in [-0.05, 0) is 62.5 Å². The van der Waals surface area contributed by atoms with E-state index in [-0.39, 0.29) is 0 Å². The molecular weight excluding hydrogens is 264 g/mol. The average Bonchev–Trinajstić information content (AvgIpc) is 2.72. The first-order valence-electron chi connectivity index (χ1n) is 7.96. The quantitative estimate of drug-likeness (QED) is 0.922. The number of fused-ring (bicyclic) bond motifs is 2. The minimum atomic E-state index is 0.397. The summed E-state index contributed by atoms with van der Waals surface area (Å²) in [5, 5.41) is 3.49. The van der Waals surface area contributed by atoms with Crippen LogP contribution in [0.4, 0.5) is 5.69 Å². The Kier molecular flexibility index (Phi) is 4.36. The molecule has 21 heavy (non-hydrogen) atoms. The molecule has 0 bridgehead atoms. The van der Waals surface area contributed by atoms with Crippen LogP contribution in [0, 0.1) is 6.92 Å². The highest BCUT2D eigenvalue weighted by Crippen LogP contribution is 2.40. The van der Waals surface area contributed by atoms with Gasteiger partial charge < -0.3 is 19.7 Å². The maximum Gasteiger partial charge on any atom is 0.143 e. The molecule has 1 aromatic rings. The van der Waals surface area contributed by atoms with Gasteiger partial charge in [0.1, 0.15) is 12.4 Å². The van der Waals surface area contributed by atoms with E-state index in [9.17, 15) is 0 Å². The van der Waals surface area contributed by atoms with E-state index in [1.807, 2.05) is 0 Å². The Hall–Kier alpha value is -1.26. The first kappa shape index (κ1) is 14.7. The van der Waals surface area contributed by atoms with Gasteiger partial charge in [-0.1, -0.05) is 0 Å². The number of nitrogens with one attached hydrogen (secondary N) is 1. The molecule has 0 amide bonds. The zero-order valence-corrected chi connectivity index (χ0v) is 13.4. The predicted octanol–water partition coefficient (Wildman–Crippen LogP) is 1.92. The summed E-state index contributed by atoms with van der Waals surface area (Å²) in [5.74, 6) is 1.06. The highest BCUT2D eigenvalue weighted by atomic mass is 16.5. The summed E-state index contributed by atoms with van der Waals surface area (Å²) in [5.41, 5.74) is 5.65. The summed E-state index contributed by atoms with van der Waals surface area (Å²) in [6, 6.07) is 2.67. The van der Waals surface area contributed by atoms with Crippen LogP contribution in [0.15, 0.2) is 6.07 Å². The molecule has 0 fully saturated rings. The van der Waals surface area contributed by atoms with Gasteiger partial charge in [0.2, 0.25) is 0 Å². The molecule has 2 heterocycles. The van der Waals surface area contributed by atoms with Crippen LogP contribution < -0.4 is 15.0 Å². The lowest BCUT2D eigenvalue weighted by atomic mass is 9.94. The Morgan fingerprint density at radius 3 is 3.00 bits per heavy atom. The van der Waals surface area contributed by atoms with Crippen LogP contribution in [0.3, 0.4) is 0 Å². The molecule has 0 saturated carbocycles. The second-order valence-corrected chi connectivity index (χ2v) is 6.08. The van der Waals surface area contributed by atoms with Crippen LogP contribution in [0.2, 0.25) is 0 Å². The molecule has 0 saturated heterocycles. The highest BCUT2D eigenvalue weighted by molar-refractivity contribution is 5.69. The summed E-state index contributed by atoms with van der Waals surface area (Å²) >= 11 is 0. The zero-order chi connectivity index (χ0) is 14.8. The van der Waals surface area contributed by atoms with E-state index in [0.717, 1.165) is 51.4 Å². The third-order valence-corrected chi connectivity index (χ3v) is 4.69. The molecule has 0 aliphatic carbocycles. The number of ether oxygens (including phenoxy) is 2. The molecule has 0 spiro atoms. The molecule has 1 N–H and O–H groups in total. The van der Waals surface area contributed by atoms with E-state index >= 15 is 0 Å². The fraction of sp³-hybridized carbons (Fsp3) is 0.647. The molecule has 1 atom stereocenters. The monoisotopic (exact) mass is 290 g/mol. The fourth-order valence-corrected chi connectivity index (χ4v) is 3.52. The number of hydrogen-bond donors (Lipinski definition) is 1. The Morgan fingerprint density at radius 2 is 2.19 bits per heavy atom. The number of anilines is 1. The molecular formula is C17H26N2O2. The summed E-state index contributed by atoms with van der Waals surface area (Å²) in [4.78, 5) is 2.45. The van der Waals surface area contributed by atoms with E-state index in [1.54, 1.807) is 7.11 Å². The number of rotatable bonds is 3. The molecule has 0 radical (unpaired) electrons. The van der Waals surface area contributed by atoms with Crippen LogP contribution in [0.5, 0.6) is 5.75 Å². The Balaban J connectivity index is 2.03. The molecule has 3 rings (SSSR count). The summed E-state index contributed by atoms with van der Waals surface area (Å²) < 4.78 is 11.3.